The van der Waals surface area contributed by atoms with Gasteiger partial charge in [-0.1, -0.05) is 48.1 Å². The summed E-state index contributed by atoms with van der Waals surface area (Å²) in [6.07, 6.45) is 7.77. The lowest BCUT2D eigenvalue weighted by molar-refractivity contribution is 0.928. The van der Waals surface area contributed by atoms with Crippen LogP contribution in [0.2, 0.25) is 0 Å². The lowest BCUT2D eigenvalue weighted by Crippen LogP contribution is -2.00. The molecule has 80 valence electrons. The molecule has 1 heteroatoms. The van der Waals surface area contributed by atoms with E-state index in [2.05, 4.69) is 36.4 Å². The Bertz CT molecular complexity index is 503. The highest BCUT2D eigenvalue weighted by Crippen LogP contribution is 2.40. The number of rotatable bonds is 1. The molecular weight excluding hydrogens is 194 g/mol. The number of hydrogen-bond acceptors (Lipinski definition) is 1. The predicted molar refractivity (Wildman–Crippen MR) is 67.6 cm³/mol. The summed E-state index contributed by atoms with van der Waals surface area (Å²) < 4.78 is 0. The summed E-state index contributed by atoms with van der Waals surface area (Å²) in [6, 6.07) is 10.5. The van der Waals surface area contributed by atoms with Crippen LogP contribution in [0.1, 0.15) is 24.8 Å². The Kier molecular flexibility index (Phi) is 2.17. The topological polar surface area (TPSA) is 26.0 Å². The Balaban J connectivity index is 2.02. The minimum Gasteiger partial charge on any atom is -0.398 e. The average Bonchev–Trinajstić information content (AvgIpc) is 2.69. The zero-order valence-electron chi connectivity index (χ0n) is 9.24. The molecule has 0 unspecified atom stereocenters. The highest BCUT2D eigenvalue weighted by atomic mass is 14.6. The summed E-state index contributed by atoms with van der Waals surface area (Å²) in [5.74, 6) is 0. The molecule has 0 spiro atoms. The number of allylic oxidation sites excluding steroid dienone is 4. The molecule has 0 aliphatic heterocycles. The normalized spacial score (nSPS) is 19.2. The Hall–Kier alpha value is -1.76. The molecule has 1 aromatic rings. The van der Waals surface area contributed by atoms with Crippen molar-refractivity contribution in [1.82, 2.24) is 0 Å². The maximum Gasteiger partial charge on any atom is 0.0429 e. The van der Waals surface area contributed by atoms with Crippen LogP contribution in [0, 0.1) is 0 Å². The second-order valence-corrected chi connectivity index (χ2v) is 4.39. The van der Waals surface area contributed by atoms with E-state index in [0.29, 0.717) is 0 Å². The van der Waals surface area contributed by atoms with Gasteiger partial charge in [-0.3, -0.25) is 0 Å². The van der Waals surface area contributed by atoms with Gasteiger partial charge in [-0.2, -0.15) is 0 Å². The fourth-order valence-electron chi connectivity index (χ4n) is 2.54. The molecule has 2 N–H and O–H groups in total. The van der Waals surface area contributed by atoms with Crippen molar-refractivity contribution in [2.24, 2.45) is 5.73 Å². The average molecular weight is 209 g/mol. The highest BCUT2D eigenvalue weighted by molar-refractivity contribution is 5.79. The van der Waals surface area contributed by atoms with Crippen LogP contribution in [-0.4, -0.2) is 0 Å². The maximum absolute atomic E-state index is 6.24. The van der Waals surface area contributed by atoms with Crippen molar-refractivity contribution < 1.29 is 0 Å². The fraction of sp³-hybridized carbons (Fsp3) is 0.200. The molecular formula is C15H15N. The second-order valence-electron chi connectivity index (χ2n) is 4.39. The van der Waals surface area contributed by atoms with E-state index in [-0.39, 0.29) is 0 Å². The molecule has 2 aliphatic rings. The third-order valence-corrected chi connectivity index (χ3v) is 3.41. The number of hydrogen-bond donors (Lipinski definition) is 1. The first-order valence-corrected chi connectivity index (χ1v) is 5.79. The van der Waals surface area contributed by atoms with Gasteiger partial charge >= 0.3 is 0 Å². The van der Waals surface area contributed by atoms with Crippen LogP contribution >= 0.6 is 0 Å². The predicted octanol–water partition coefficient (Wildman–Crippen LogP) is 3.41. The third kappa shape index (κ3) is 1.40. The largest absolute Gasteiger partial charge is 0.398 e. The molecule has 0 saturated heterocycles. The van der Waals surface area contributed by atoms with Crippen molar-refractivity contribution in [2.75, 3.05) is 0 Å². The Morgan fingerprint density at radius 1 is 1.06 bits per heavy atom. The van der Waals surface area contributed by atoms with Crippen LogP contribution in [0.3, 0.4) is 0 Å². The summed E-state index contributed by atoms with van der Waals surface area (Å²) in [7, 11) is 0. The van der Waals surface area contributed by atoms with Gasteiger partial charge < -0.3 is 5.73 Å². The van der Waals surface area contributed by atoms with E-state index in [4.69, 9.17) is 5.73 Å². The monoisotopic (exact) mass is 209 g/mol. The van der Waals surface area contributed by atoms with Gasteiger partial charge in [-0.15, -0.1) is 0 Å². The SMILES string of the molecule is NC1=C(c2ccccc2)CC2=C1C=CCC2. The van der Waals surface area contributed by atoms with Crippen molar-refractivity contribution in [3.8, 4) is 0 Å². The van der Waals surface area contributed by atoms with Gasteiger partial charge in [0.15, 0.2) is 0 Å². The minimum atomic E-state index is 0.983. The quantitative estimate of drug-likeness (QED) is 0.753. The third-order valence-electron chi connectivity index (χ3n) is 3.41. The van der Waals surface area contributed by atoms with Crippen molar-refractivity contribution in [3.05, 3.63) is 64.9 Å². The van der Waals surface area contributed by atoms with Gasteiger partial charge in [0.1, 0.15) is 0 Å². The number of benzene rings is 1. The molecule has 0 fully saturated rings. The molecule has 0 heterocycles. The Morgan fingerprint density at radius 3 is 2.62 bits per heavy atom. The van der Waals surface area contributed by atoms with E-state index < -0.39 is 0 Å². The molecule has 1 nitrogen and oxygen atoms in total. The lowest BCUT2D eigenvalue weighted by Gasteiger charge is -2.07. The molecule has 0 amide bonds. The fourth-order valence-corrected chi connectivity index (χ4v) is 2.54. The van der Waals surface area contributed by atoms with Gasteiger partial charge in [0.2, 0.25) is 0 Å². The first-order chi connectivity index (χ1) is 7.86. The summed E-state index contributed by atoms with van der Waals surface area (Å²) in [5.41, 5.74) is 12.6. The molecule has 0 radical (unpaired) electrons. The zero-order chi connectivity index (χ0) is 11.0. The Labute approximate surface area is 96.0 Å². The van der Waals surface area contributed by atoms with Crippen molar-refractivity contribution in [1.29, 1.82) is 0 Å². The molecule has 0 atom stereocenters. The van der Waals surface area contributed by atoms with Crippen LogP contribution in [0.4, 0.5) is 0 Å². The van der Waals surface area contributed by atoms with Crippen LogP contribution in [0.15, 0.2) is 59.3 Å². The zero-order valence-corrected chi connectivity index (χ0v) is 9.24. The molecule has 2 aliphatic carbocycles. The van der Waals surface area contributed by atoms with E-state index in [0.717, 1.165) is 18.5 Å². The van der Waals surface area contributed by atoms with Crippen LogP contribution < -0.4 is 5.73 Å². The van der Waals surface area contributed by atoms with Crippen molar-refractivity contribution in [2.45, 2.75) is 19.3 Å². The van der Waals surface area contributed by atoms with E-state index in [1.807, 2.05) is 6.07 Å². The molecule has 0 bridgehead atoms. The van der Waals surface area contributed by atoms with Gasteiger partial charge in [0.25, 0.3) is 0 Å². The summed E-state index contributed by atoms with van der Waals surface area (Å²) >= 11 is 0. The van der Waals surface area contributed by atoms with Crippen LogP contribution in [-0.2, 0) is 0 Å². The minimum absolute atomic E-state index is 0.983. The lowest BCUT2D eigenvalue weighted by atomic mass is 9.98. The molecule has 0 saturated carbocycles. The Morgan fingerprint density at radius 2 is 1.88 bits per heavy atom. The van der Waals surface area contributed by atoms with Crippen molar-refractivity contribution in [3.63, 3.8) is 0 Å². The maximum atomic E-state index is 6.24. The first kappa shape index (κ1) is 9.46. The summed E-state index contributed by atoms with van der Waals surface area (Å²) in [6.45, 7) is 0. The first-order valence-electron chi connectivity index (χ1n) is 5.79. The summed E-state index contributed by atoms with van der Waals surface area (Å²) in [5, 5.41) is 0. The van der Waals surface area contributed by atoms with E-state index in [1.165, 1.54) is 28.7 Å². The summed E-state index contributed by atoms with van der Waals surface area (Å²) in [4.78, 5) is 0. The van der Waals surface area contributed by atoms with E-state index in [9.17, 15) is 0 Å². The van der Waals surface area contributed by atoms with Gasteiger partial charge in [-0.25, -0.2) is 0 Å². The smallest absolute Gasteiger partial charge is 0.0429 e. The number of nitrogens with two attached hydrogens (primary N) is 1. The van der Waals surface area contributed by atoms with Crippen LogP contribution in [0.25, 0.3) is 5.57 Å². The molecule has 16 heavy (non-hydrogen) atoms. The second kappa shape index (κ2) is 3.67. The molecule has 0 aromatic heterocycles. The van der Waals surface area contributed by atoms with Gasteiger partial charge in [0.05, 0.1) is 0 Å². The van der Waals surface area contributed by atoms with Gasteiger partial charge in [-0.05, 0) is 36.0 Å². The molecule has 1 aromatic carbocycles. The molecule has 3 rings (SSSR count). The highest BCUT2D eigenvalue weighted by Gasteiger charge is 2.22. The van der Waals surface area contributed by atoms with E-state index >= 15 is 0 Å². The standard InChI is InChI=1S/C15H15N/c16-15-13-9-5-4-8-12(13)10-14(15)11-6-2-1-3-7-11/h1-3,5-7,9H,4,8,10,16H2. The van der Waals surface area contributed by atoms with Crippen molar-refractivity contribution >= 4 is 5.57 Å². The van der Waals surface area contributed by atoms with Gasteiger partial charge in [0, 0.05) is 5.70 Å². The van der Waals surface area contributed by atoms with Crippen LogP contribution in [0.5, 0.6) is 0 Å². The van der Waals surface area contributed by atoms with E-state index in [1.54, 1.807) is 0 Å².